The first kappa shape index (κ1) is 15.4. The van der Waals surface area contributed by atoms with Crippen molar-refractivity contribution in [2.45, 2.75) is 19.9 Å². The fraction of sp³-hybridized carbons (Fsp3) is 0.615. The van der Waals surface area contributed by atoms with Crippen LogP contribution in [0.15, 0.2) is 16.7 Å². The summed E-state index contributed by atoms with van der Waals surface area (Å²) in [6, 6.07) is 0. The van der Waals surface area contributed by atoms with Gasteiger partial charge in [-0.15, -0.1) is 0 Å². The van der Waals surface area contributed by atoms with Crippen molar-refractivity contribution in [2.24, 2.45) is 0 Å². The molecule has 0 saturated heterocycles. The average molecular weight is 315 g/mol. The van der Waals surface area contributed by atoms with Gasteiger partial charge in [0.05, 0.1) is 22.9 Å². The summed E-state index contributed by atoms with van der Waals surface area (Å²) >= 11 is 3.54. The topological polar surface area (TPSA) is 33.1 Å². The molecule has 4 nitrogen and oxygen atoms in total. The van der Waals surface area contributed by atoms with Gasteiger partial charge in [0.25, 0.3) is 0 Å². The molecular weight excluding hydrogens is 292 g/mol. The highest BCUT2D eigenvalue weighted by Crippen LogP contribution is 2.17. The van der Waals surface area contributed by atoms with Crippen molar-refractivity contribution in [3.8, 4) is 0 Å². The van der Waals surface area contributed by atoms with Gasteiger partial charge >= 0.3 is 0 Å². The summed E-state index contributed by atoms with van der Waals surface area (Å²) in [5, 5.41) is 7.68. The van der Waals surface area contributed by atoms with E-state index in [1.165, 1.54) is 0 Å². The zero-order chi connectivity index (χ0) is 13.4. The predicted molar refractivity (Wildman–Crippen MR) is 80.7 cm³/mol. The molecule has 1 aromatic rings. The molecule has 0 fully saturated rings. The minimum absolute atomic E-state index is 0.908. The molecule has 102 valence electrons. The van der Waals surface area contributed by atoms with Crippen LogP contribution in [0.25, 0.3) is 6.08 Å². The van der Waals surface area contributed by atoms with Gasteiger partial charge in [0.2, 0.25) is 0 Å². The average Bonchev–Trinajstić information content (AvgIpc) is 2.68. The fourth-order valence-electron chi connectivity index (χ4n) is 1.57. The van der Waals surface area contributed by atoms with Crippen molar-refractivity contribution >= 4 is 22.0 Å². The largest absolute Gasteiger partial charge is 0.317 e. The van der Waals surface area contributed by atoms with Crippen molar-refractivity contribution < 1.29 is 0 Å². The summed E-state index contributed by atoms with van der Waals surface area (Å²) < 4.78 is 3.09. The molecular formula is C13H23BrN4. The van der Waals surface area contributed by atoms with Crippen molar-refractivity contribution in [2.75, 3.05) is 33.7 Å². The summed E-state index contributed by atoms with van der Waals surface area (Å²) in [6.45, 7) is 6.07. The van der Waals surface area contributed by atoms with Gasteiger partial charge in [0, 0.05) is 6.54 Å². The number of halogens is 1. The number of nitrogens with zero attached hydrogens (tertiary/aromatic N) is 3. The molecule has 5 heteroatoms. The lowest BCUT2D eigenvalue weighted by molar-refractivity contribution is 0.372. The Morgan fingerprint density at radius 1 is 1.50 bits per heavy atom. The number of hydrogen-bond donors (Lipinski definition) is 1. The van der Waals surface area contributed by atoms with Crippen LogP contribution in [-0.4, -0.2) is 48.4 Å². The van der Waals surface area contributed by atoms with Crippen molar-refractivity contribution in [1.29, 1.82) is 0 Å². The first-order chi connectivity index (χ1) is 8.65. The van der Waals surface area contributed by atoms with Crippen molar-refractivity contribution in [1.82, 2.24) is 20.0 Å². The first-order valence-corrected chi connectivity index (χ1v) is 7.17. The highest BCUT2D eigenvalue weighted by molar-refractivity contribution is 9.10. The molecule has 0 aliphatic carbocycles. The Morgan fingerprint density at radius 2 is 2.28 bits per heavy atom. The molecule has 0 unspecified atom stereocenters. The highest BCUT2D eigenvalue weighted by Gasteiger charge is 2.05. The quantitative estimate of drug-likeness (QED) is 0.747. The van der Waals surface area contributed by atoms with Gasteiger partial charge in [-0.05, 0) is 55.6 Å². The van der Waals surface area contributed by atoms with Gasteiger partial charge in [-0.1, -0.05) is 13.0 Å². The molecule has 1 N–H and O–H groups in total. The molecule has 1 aromatic heterocycles. The molecule has 0 bridgehead atoms. The standard InChI is InChI=1S/C13H23BrN4/c1-4-15-8-6-5-7-13-12(14)11-16-18(13)10-9-17(2)3/h5,7,11,15H,4,6,8-10H2,1-3H3/b7-5+. The second-order valence-corrected chi connectivity index (χ2v) is 5.30. The molecule has 0 radical (unpaired) electrons. The van der Waals surface area contributed by atoms with Crippen LogP contribution >= 0.6 is 15.9 Å². The van der Waals surface area contributed by atoms with E-state index < -0.39 is 0 Å². The molecule has 1 rings (SSSR count). The van der Waals surface area contributed by atoms with Crippen LogP contribution < -0.4 is 5.32 Å². The van der Waals surface area contributed by atoms with Gasteiger partial charge in [0.15, 0.2) is 0 Å². The SMILES string of the molecule is CCNCC/C=C/c1c(Br)cnn1CCN(C)C. The van der Waals surface area contributed by atoms with E-state index in [2.05, 4.69) is 64.4 Å². The zero-order valence-electron chi connectivity index (χ0n) is 11.5. The Kier molecular flexibility index (Phi) is 7.23. The van der Waals surface area contributed by atoms with E-state index >= 15 is 0 Å². The lowest BCUT2D eigenvalue weighted by Gasteiger charge is -2.10. The Hall–Kier alpha value is -0.650. The molecule has 0 saturated carbocycles. The first-order valence-electron chi connectivity index (χ1n) is 6.38. The molecule has 0 amide bonds. The van der Waals surface area contributed by atoms with Crippen LogP contribution in [0.4, 0.5) is 0 Å². The van der Waals surface area contributed by atoms with E-state index in [1.54, 1.807) is 0 Å². The van der Waals surface area contributed by atoms with Crippen molar-refractivity contribution in [3.63, 3.8) is 0 Å². The third-order valence-electron chi connectivity index (χ3n) is 2.61. The Balaban J connectivity index is 2.54. The van der Waals surface area contributed by atoms with E-state index in [1.807, 2.05) is 10.9 Å². The second kappa shape index (κ2) is 8.45. The maximum absolute atomic E-state index is 4.38. The molecule has 0 spiro atoms. The third-order valence-corrected chi connectivity index (χ3v) is 3.22. The minimum atomic E-state index is 0.908. The monoisotopic (exact) mass is 314 g/mol. The Labute approximate surface area is 118 Å². The summed E-state index contributed by atoms with van der Waals surface area (Å²) in [6.07, 6.45) is 7.24. The highest BCUT2D eigenvalue weighted by atomic mass is 79.9. The summed E-state index contributed by atoms with van der Waals surface area (Å²) in [4.78, 5) is 2.16. The van der Waals surface area contributed by atoms with E-state index in [4.69, 9.17) is 0 Å². The van der Waals surface area contributed by atoms with Crippen LogP contribution in [0.3, 0.4) is 0 Å². The number of rotatable bonds is 8. The van der Waals surface area contributed by atoms with E-state index in [0.29, 0.717) is 0 Å². The lowest BCUT2D eigenvalue weighted by Crippen LogP contribution is -2.19. The predicted octanol–water partition coefficient (Wildman–Crippen LogP) is 2.22. The summed E-state index contributed by atoms with van der Waals surface area (Å²) in [5.74, 6) is 0. The van der Waals surface area contributed by atoms with Crippen LogP contribution in [-0.2, 0) is 6.54 Å². The van der Waals surface area contributed by atoms with Crippen LogP contribution in [0.1, 0.15) is 19.0 Å². The molecule has 0 aliphatic heterocycles. The second-order valence-electron chi connectivity index (χ2n) is 4.45. The fourth-order valence-corrected chi connectivity index (χ4v) is 2.00. The molecule has 0 aromatic carbocycles. The summed E-state index contributed by atoms with van der Waals surface area (Å²) in [7, 11) is 4.15. The minimum Gasteiger partial charge on any atom is -0.317 e. The van der Waals surface area contributed by atoms with Gasteiger partial charge < -0.3 is 10.2 Å². The lowest BCUT2D eigenvalue weighted by atomic mass is 10.3. The molecule has 0 atom stereocenters. The van der Waals surface area contributed by atoms with E-state index in [0.717, 1.165) is 42.8 Å². The molecule has 1 heterocycles. The molecule has 18 heavy (non-hydrogen) atoms. The maximum atomic E-state index is 4.38. The van der Waals surface area contributed by atoms with Gasteiger partial charge in [-0.2, -0.15) is 5.10 Å². The third kappa shape index (κ3) is 5.33. The van der Waals surface area contributed by atoms with E-state index in [-0.39, 0.29) is 0 Å². The van der Waals surface area contributed by atoms with Gasteiger partial charge in [-0.25, -0.2) is 0 Å². The smallest absolute Gasteiger partial charge is 0.0749 e. The van der Waals surface area contributed by atoms with Crippen LogP contribution in [0, 0.1) is 0 Å². The van der Waals surface area contributed by atoms with Gasteiger partial charge in [-0.3, -0.25) is 4.68 Å². The van der Waals surface area contributed by atoms with Crippen LogP contribution in [0.2, 0.25) is 0 Å². The molecule has 0 aliphatic rings. The van der Waals surface area contributed by atoms with Gasteiger partial charge in [0.1, 0.15) is 0 Å². The number of hydrogen-bond acceptors (Lipinski definition) is 3. The number of likely N-dealkylation sites (N-methyl/N-ethyl adjacent to an activating group) is 1. The normalized spacial score (nSPS) is 11.8. The maximum Gasteiger partial charge on any atom is 0.0749 e. The zero-order valence-corrected chi connectivity index (χ0v) is 13.1. The Bertz CT molecular complexity index is 371. The summed E-state index contributed by atoms with van der Waals surface area (Å²) in [5.41, 5.74) is 1.15. The van der Waals surface area contributed by atoms with Crippen LogP contribution in [0.5, 0.6) is 0 Å². The van der Waals surface area contributed by atoms with Crippen molar-refractivity contribution in [3.05, 3.63) is 22.4 Å². The van der Waals surface area contributed by atoms with E-state index in [9.17, 15) is 0 Å². The Morgan fingerprint density at radius 3 is 2.94 bits per heavy atom. The number of nitrogens with one attached hydrogen (secondary N) is 1. The number of aromatic nitrogens is 2.